The molecule has 1 saturated carbocycles. The van der Waals surface area contributed by atoms with E-state index in [1.165, 1.54) is 11.8 Å². The van der Waals surface area contributed by atoms with Crippen LogP contribution in [0, 0.1) is 0 Å². The Morgan fingerprint density at radius 2 is 1.68 bits per heavy atom. The average molecular weight is 393 g/mol. The molecular formula is C22H24N4OS. The van der Waals surface area contributed by atoms with Crippen molar-refractivity contribution in [2.24, 2.45) is 0 Å². The first-order valence-electron chi connectivity index (χ1n) is 9.66. The zero-order valence-corrected chi connectivity index (χ0v) is 16.9. The lowest BCUT2D eigenvalue weighted by Gasteiger charge is -2.18. The van der Waals surface area contributed by atoms with Crippen molar-refractivity contribution < 1.29 is 4.79 Å². The van der Waals surface area contributed by atoms with Gasteiger partial charge in [-0.05, 0) is 44.4 Å². The number of para-hydroxylation sites is 1. The number of nitrogens with one attached hydrogen (secondary N) is 1. The van der Waals surface area contributed by atoms with Crippen molar-refractivity contribution in [2.75, 3.05) is 0 Å². The molecule has 1 heterocycles. The van der Waals surface area contributed by atoms with Crippen molar-refractivity contribution in [1.29, 1.82) is 0 Å². The smallest absolute Gasteiger partial charge is 0.233 e. The molecular weight excluding hydrogens is 368 g/mol. The monoisotopic (exact) mass is 392 g/mol. The number of benzene rings is 2. The van der Waals surface area contributed by atoms with Gasteiger partial charge in [-0.15, -0.1) is 10.2 Å². The summed E-state index contributed by atoms with van der Waals surface area (Å²) < 4.78 is 2.10. The number of rotatable bonds is 7. The van der Waals surface area contributed by atoms with Crippen molar-refractivity contribution in [3.8, 4) is 5.69 Å². The van der Waals surface area contributed by atoms with Gasteiger partial charge in [0.25, 0.3) is 0 Å². The molecule has 0 spiro atoms. The molecule has 1 amide bonds. The first-order valence-corrected chi connectivity index (χ1v) is 10.5. The molecule has 28 heavy (non-hydrogen) atoms. The van der Waals surface area contributed by atoms with Crippen LogP contribution < -0.4 is 5.32 Å². The van der Waals surface area contributed by atoms with Gasteiger partial charge in [-0.2, -0.15) is 0 Å². The molecule has 3 aromatic rings. The van der Waals surface area contributed by atoms with Gasteiger partial charge in [0.2, 0.25) is 5.91 Å². The highest BCUT2D eigenvalue weighted by Gasteiger charge is 2.32. The second-order valence-electron chi connectivity index (χ2n) is 7.19. The van der Waals surface area contributed by atoms with E-state index in [0.717, 1.165) is 35.1 Å². The molecule has 0 aliphatic heterocycles. The summed E-state index contributed by atoms with van der Waals surface area (Å²) in [6.45, 7) is 3.92. The largest absolute Gasteiger partial charge is 0.349 e. The molecule has 0 saturated heterocycles. The van der Waals surface area contributed by atoms with E-state index in [4.69, 9.17) is 0 Å². The van der Waals surface area contributed by atoms with Crippen LogP contribution in [0.3, 0.4) is 0 Å². The Balaban J connectivity index is 1.50. The van der Waals surface area contributed by atoms with Crippen LogP contribution in [0.1, 0.15) is 50.0 Å². The maximum atomic E-state index is 12.7. The van der Waals surface area contributed by atoms with Gasteiger partial charge in [0, 0.05) is 11.6 Å². The second-order valence-corrected chi connectivity index (χ2v) is 8.50. The van der Waals surface area contributed by atoms with Crippen molar-refractivity contribution in [3.05, 3.63) is 72.1 Å². The minimum atomic E-state index is -0.273. The predicted molar refractivity (Wildman–Crippen MR) is 112 cm³/mol. The zero-order chi connectivity index (χ0) is 19.5. The van der Waals surface area contributed by atoms with Crippen molar-refractivity contribution in [1.82, 2.24) is 20.1 Å². The highest BCUT2D eigenvalue weighted by atomic mass is 32.2. The number of thioether (sulfide) groups is 1. The molecule has 144 valence electrons. The molecule has 2 atom stereocenters. The molecule has 1 aliphatic carbocycles. The van der Waals surface area contributed by atoms with Gasteiger partial charge >= 0.3 is 0 Å². The van der Waals surface area contributed by atoms with Gasteiger partial charge in [-0.1, -0.05) is 60.3 Å². The molecule has 5 nitrogen and oxygen atoms in total. The van der Waals surface area contributed by atoms with Crippen LogP contribution in [-0.2, 0) is 4.79 Å². The van der Waals surface area contributed by atoms with E-state index < -0.39 is 0 Å². The van der Waals surface area contributed by atoms with Crippen molar-refractivity contribution in [2.45, 2.75) is 49.1 Å². The molecule has 0 bridgehead atoms. The molecule has 2 aromatic carbocycles. The first-order chi connectivity index (χ1) is 13.6. The molecule has 0 radical (unpaired) electrons. The van der Waals surface area contributed by atoms with Gasteiger partial charge in [0.15, 0.2) is 5.16 Å². The van der Waals surface area contributed by atoms with Gasteiger partial charge in [-0.25, -0.2) is 0 Å². The maximum Gasteiger partial charge on any atom is 0.233 e. The van der Waals surface area contributed by atoms with E-state index in [9.17, 15) is 4.79 Å². The molecule has 1 N–H and O–H groups in total. The summed E-state index contributed by atoms with van der Waals surface area (Å²) >= 11 is 1.45. The lowest BCUT2D eigenvalue weighted by atomic mass is 10.1. The first kappa shape index (κ1) is 18.7. The number of amides is 1. The number of aromatic nitrogens is 3. The Hall–Kier alpha value is -2.60. The summed E-state index contributed by atoms with van der Waals surface area (Å²) in [5.41, 5.74) is 2.14. The Morgan fingerprint density at radius 3 is 2.32 bits per heavy atom. The third-order valence-electron chi connectivity index (χ3n) is 4.93. The summed E-state index contributed by atoms with van der Waals surface area (Å²) in [4.78, 5) is 12.7. The quantitative estimate of drug-likeness (QED) is 0.601. The van der Waals surface area contributed by atoms with Crippen LogP contribution in [0.5, 0.6) is 0 Å². The molecule has 1 aliphatic rings. The van der Waals surface area contributed by atoms with E-state index in [1.54, 1.807) is 0 Å². The van der Waals surface area contributed by atoms with E-state index >= 15 is 0 Å². The van der Waals surface area contributed by atoms with Gasteiger partial charge in [0.05, 0.1) is 11.3 Å². The molecule has 6 heteroatoms. The fourth-order valence-corrected chi connectivity index (χ4v) is 4.03. The number of nitrogens with zero attached hydrogens (tertiary/aromatic N) is 3. The summed E-state index contributed by atoms with van der Waals surface area (Å²) in [5, 5.41) is 12.4. The highest BCUT2D eigenvalue weighted by molar-refractivity contribution is 8.00. The summed E-state index contributed by atoms with van der Waals surface area (Å²) in [6, 6.07) is 20.1. The van der Waals surface area contributed by atoms with Crippen LogP contribution >= 0.6 is 11.8 Å². The Labute approximate surface area is 169 Å². The minimum absolute atomic E-state index is 0.00284. The van der Waals surface area contributed by atoms with Crippen molar-refractivity contribution in [3.63, 3.8) is 0 Å². The van der Waals surface area contributed by atoms with Gasteiger partial charge in [0.1, 0.15) is 5.82 Å². The minimum Gasteiger partial charge on any atom is -0.349 e. The van der Waals surface area contributed by atoms with Crippen molar-refractivity contribution >= 4 is 17.7 Å². The van der Waals surface area contributed by atoms with Crippen LogP contribution in [0.25, 0.3) is 5.69 Å². The third-order valence-corrected chi connectivity index (χ3v) is 5.97. The van der Waals surface area contributed by atoms with Crippen LogP contribution in [0.4, 0.5) is 0 Å². The Bertz CT molecular complexity index is 938. The third kappa shape index (κ3) is 4.12. The lowest BCUT2D eigenvalue weighted by Crippen LogP contribution is -2.33. The summed E-state index contributed by atoms with van der Waals surface area (Å²) in [5.74, 6) is 1.47. The predicted octanol–water partition coefficient (Wildman–Crippen LogP) is 4.50. The van der Waals surface area contributed by atoms with E-state index in [-0.39, 0.29) is 17.2 Å². The van der Waals surface area contributed by atoms with Crippen LogP contribution in [-0.4, -0.2) is 25.9 Å². The maximum absolute atomic E-state index is 12.7. The van der Waals surface area contributed by atoms with Crippen LogP contribution in [0.15, 0.2) is 65.8 Å². The average Bonchev–Trinajstić information content (AvgIpc) is 3.49. The normalized spacial score (nSPS) is 15.8. The number of hydrogen-bond acceptors (Lipinski definition) is 4. The van der Waals surface area contributed by atoms with E-state index in [1.807, 2.05) is 62.4 Å². The number of carbonyl (C=O) groups is 1. The summed E-state index contributed by atoms with van der Waals surface area (Å²) in [6.07, 6.45) is 2.31. The second kappa shape index (κ2) is 8.19. The van der Waals surface area contributed by atoms with Gasteiger partial charge in [-0.3, -0.25) is 9.36 Å². The van der Waals surface area contributed by atoms with Gasteiger partial charge < -0.3 is 5.32 Å². The number of hydrogen-bond donors (Lipinski definition) is 1. The molecule has 1 aromatic heterocycles. The van der Waals surface area contributed by atoms with E-state index in [2.05, 4.69) is 32.2 Å². The topological polar surface area (TPSA) is 59.8 Å². The SMILES string of the molecule is CC(Sc1nnc(C2CC2)n1-c1ccccc1)C(=O)NC(C)c1ccccc1. The summed E-state index contributed by atoms with van der Waals surface area (Å²) in [7, 11) is 0. The van der Waals surface area contributed by atoms with E-state index in [0.29, 0.717) is 5.92 Å². The van der Waals surface area contributed by atoms with Crippen LogP contribution in [0.2, 0.25) is 0 Å². The fraction of sp³-hybridized carbons (Fsp3) is 0.318. The Kier molecular flexibility index (Phi) is 5.48. The molecule has 4 rings (SSSR count). The Morgan fingerprint density at radius 1 is 1.04 bits per heavy atom. The molecule has 1 fully saturated rings. The lowest BCUT2D eigenvalue weighted by molar-refractivity contribution is -0.120. The highest BCUT2D eigenvalue weighted by Crippen LogP contribution is 2.41. The zero-order valence-electron chi connectivity index (χ0n) is 16.1. The standard InChI is InChI=1S/C22H24N4OS/c1-15(17-9-5-3-6-10-17)23-21(27)16(2)28-22-25-24-20(18-13-14-18)26(22)19-11-7-4-8-12-19/h3-12,15-16,18H,13-14H2,1-2H3,(H,23,27). The molecule has 2 unspecified atom stereocenters. The number of carbonyl (C=O) groups excluding carboxylic acids is 1. The fourth-order valence-electron chi connectivity index (χ4n) is 3.15.